The van der Waals surface area contributed by atoms with E-state index in [0.29, 0.717) is 23.2 Å². The van der Waals surface area contributed by atoms with Gasteiger partial charge in [-0.15, -0.1) is 0 Å². The summed E-state index contributed by atoms with van der Waals surface area (Å²) in [4.78, 5) is 18.6. The molecule has 0 unspecified atom stereocenters. The number of hydrogen-bond acceptors (Lipinski definition) is 3. The minimum Gasteiger partial charge on any atom is -0.237 e. The molecule has 4 nitrogen and oxygen atoms in total. The smallest absolute Gasteiger partial charge is 0.198 e. The minimum absolute atomic E-state index is 0.252. The Balaban J connectivity index is 1.39. The summed E-state index contributed by atoms with van der Waals surface area (Å²) >= 11 is 0. The first-order valence-corrected chi connectivity index (χ1v) is 13.1. The highest BCUT2D eigenvalue weighted by Crippen LogP contribution is 2.61. The maximum Gasteiger partial charge on any atom is 0.198 e. The van der Waals surface area contributed by atoms with Gasteiger partial charge >= 0.3 is 0 Å². The van der Waals surface area contributed by atoms with Crippen LogP contribution in [0.25, 0.3) is 39.0 Å². The van der Waals surface area contributed by atoms with Gasteiger partial charge in [-0.3, -0.25) is 0 Å². The van der Waals surface area contributed by atoms with Gasteiger partial charge in [-0.25, -0.2) is 19.8 Å². The van der Waals surface area contributed by atoms with Gasteiger partial charge in [0.15, 0.2) is 23.2 Å². The molecule has 1 heterocycles. The van der Waals surface area contributed by atoms with Crippen LogP contribution in [-0.2, 0) is 5.41 Å². The average Bonchev–Trinajstić information content (AvgIpc) is 2.93. The second kappa shape index (κ2) is 8.38. The van der Waals surface area contributed by atoms with Crippen molar-refractivity contribution in [2.24, 2.45) is 17.8 Å². The number of aromatic nitrogens is 3. The minimum atomic E-state index is 0.252. The Bertz CT molecular complexity index is 1380. The highest BCUT2D eigenvalue weighted by atomic mass is 15.0. The Hall–Kier alpha value is -3.84. The summed E-state index contributed by atoms with van der Waals surface area (Å²) in [5.41, 5.74) is 4.95. The summed E-state index contributed by atoms with van der Waals surface area (Å²) in [6.45, 7) is 7.91. The van der Waals surface area contributed by atoms with E-state index in [1.165, 1.54) is 44.1 Å². The third-order valence-corrected chi connectivity index (χ3v) is 8.71. The number of hydrogen-bond donors (Lipinski definition) is 0. The molecule has 0 saturated heterocycles. The molecule has 0 aliphatic heterocycles. The topological polar surface area (TPSA) is 43.0 Å². The highest BCUT2D eigenvalue weighted by Gasteiger charge is 2.51. The third kappa shape index (κ3) is 3.62. The van der Waals surface area contributed by atoms with Crippen LogP contribution in [0.1, 0.15) is 44.1 Å². The van der Waals surface area contributed by atoms with Crippen LogP contribution in [0.4, 0.5) is 5.69 Å². The molecule has 4 aliphatic rings. The quantitative estimate of drug-likeness (QED) is 0.286. The molecular weight excluding hydrogens is 440 g/mol. The van der Waals surface area contributed by atoms with Gasteiger partial charge in [0.25, 0.3) is 0 Å². The first-order valence-electron chi connectivity index (χ1n) is 13.1. The van der Waals surface area contributed by atoms with Gasteiger partial charge in [0.2, 0.25) is 0 Å². The van der Waals surface area contributed by atoms with E-state index in [-0.39, 0.29) is 5.41 Å². The van der Waals surface area contributed by atoms with Gasteiger partial charge in [-0.2, -0.15) is 0 Å². The molecule has 4 saturated carbocycles. The SMILES string of the molecule is [C-]#[N+]c1ccc(C23CC4CC(CC(C4)C2)C3)cc1-c1nc(-c2ccccc2)nc(-c2ccccc2)n1. The molecule has 0 N–H and O–H groups in total. The van der Waals surface area contributed by atoms with Crippen molar-refractivity contribution in [2.45, 2.75) is 43.9 Å². The summed E-state index contributed by atoms with van der Waals surface area (Å²) in [5.74, 6) is 4.46. The lowest BCUT2D eigenvalue weighted by Gasteiger charge is -2.57. The Morgan fingerprint density at radius 1 is 0.639 bits per heavy atom. The normalized spacial score (nSPS) is 26.0. The van der Waals surface area contributed by atoms with Crippen molar-refractivity contribution in [3.63, 3.8) is 0 Å². The summed E-state index contributed by atoms with van der Waals surface area (Å²) in [5, 5.41) is 0. The van der Waals surface area contributed by atoms with Crippen LogP contribution >= 0.6 is 0 Å². The van der Waals surface area contributed by atoms with E-state index in [1.54, 1.807) is 0 Å². The predicted octanol–water partition coefficient (Wildman–Crippen LogP) is 7.89. The van der Waals surface area contributed by atoms with Gasteiger partial charge in [0.1, 0.15) is 0 Å². The fraction of sp³-hybridized carbons (Fsp3) is 0.312. The first-order chi connectivity index (χ1) is 17.7. The number of rotatable bonds is 4. The maximum atomic E-state index is 7.91. The highest BCUT2D eigenvalue weighted by molar-refractivity contribution is 5.77. The van der Waals surface area contributed by atoms with Crippen molar-refractivity contribution in [2.75, 3.05) is 0 Å². The lowest BCUT2D eigenvalue weighted by atomic mass is 9.48. The molecule has 0 spiro atoms. The monoisotopic (exact) mass is 468 g/mol. The van der Waals surface area contributed by atoms with Crippen LogP contribution in [0.5, 0.6) is 0 Å². The fourth-order valence-corrected chi connectivity index (χ4v) is 7.54. The van der Waals surface area contributed by atoms with Gasteiger partial charge in [-0.05, 0) is 67.3 Å². The van der Waals surface area contributed by atoms with E-state index in [0.717, 1.165) is 34.4 Å². The Morgan fingerprint density at radius 2 is 1.14 bits per heavy atom. The van der Waals surface area contributed by atoms with Gasteiger partial charge in [0, 0.05) is 16.7 Å². The number of nitrogens with zero attached hydrogens (tertiary/aromatic N) is 4. The summed E-state index contributed by atoms with van der Waals surface area (Å²) in [6.07, 6.45) is 8.12. The molecule has 4 aliphatic carbocycles. The summed E-state index contributed by atoms with van der Waals surface area (Å²) < 4.78 is 0. The lowest BCUT2D eigenvalue weighted by Crippen LogP contribution is -2.48. The molecule has 0 radical (unpaired) electrons. The molecule has 36 heavy (non-hydrogen) atoms. The zero-order valence-electron chi connectivity index (χ0n) is 20.3. The summed E-state index contributed by atoms with van der Waals surface area (Å²) in [7, 11) is 0. The lowest BCUT2D eigenvalue weighted by molar-refractivity contribution is -0.00516. The molecule has 0 amide bonds. The van der Waals surface area contributed by atoms with E-state index in [9.17, 15) is 0 Å². The van der Waals surface area contributed by atoms with Crippen molar-refractivity contribution in [1.29, 1.82) is 0 Å². The van der Waals surface area contributed by atoms with Crippen LogP contribution < -0.4 is 0 Å². The Morgan fingerprint density at radius 3 is 1.64 bits per heavy atom. The van der Waals surface area contributed by atoms with Crippen LogP contribution in [0.15, 0.2) is 78.9 Å². The molecule has 4 heteroatoms. The molecular formula is C32H28N4. The fourth-order valence-electron chi connectivity index (χ4n) is 7.54. The third-order valence-electron chi connectivity index (χ3n) is 8.71. The van der Waals surface area contributed by atoms with Crippen molar-refractivity contribution >= 4 is 5.69 Å². The van der Waals surface area contributed by atoms with E-state index in [2.05, 4.69) is 17.0 Å². The van der Waals surface area contributed by atoms with Gasteiger partial charge in [-0.1, -0.05) is 78.9 Å². The van der Waals surface area contributed by atoms with Crippen molar-refractivity contribution in [3.05, 3.63) is 95.8 Å². The second-order valence-electron chi connectivity index (χ2n) is 11.1. The van der Waals surface area contributed by atoms with E-state index in [1.807, 2.05) is 66.7 Å². The van der Waals surface area contributed by atoms with E-state index in [4.69, 9.17) is 21.5 Å². The Labute approximate surface area is 212 Å². The van der Waals surface area contributed by atoms with Crippen LogP contribution in [-0.4, -0.2) is 15.0 Å². The predicted molar refractivity (Wildman–Crippen MR) is 142 cm³/mol. The van der Waals surface area contributed by atoms with E-state index >= 15 is 0 Å². The van der Waals surface area contributed by atoms with Crippen LogP contribution in [0, 0.1) is 24.3 Å². The first kappa shape index (κ1) is 21.4. The standard InChI is InChI=1S/C32H28N4/c1-33-28-13-12-26(32-18-21-14-22(19-32)16-23(15-21)20-32)17-27(28)31-35-29(24-8-4-2-5-9-24)34-30(36-31)25-10-6-3-7-11-25/h2-13,17,21-23H,14-16,18-20H2. The molecule has 4 bridgehead atoms. The van der Waals surface area contributed by atoms with E-state index < -0.39 is 0 Å². The average molecular weight is 469 g/mol. The molecule has 3 aromatic carbocycles. The molecule has 176 valence electrons. The molecule has 4 aromatic rings. The molecule has 4 fully saturated rings. The maximum absolute atomic E-state index is 7.91. The molecule has 0 atom stereocenters. The molecule has 8 rings (SSSR count). The largest absolute Gasteiger partial charge is 0.237 e. The second-order valence-corrected chi connectivity index (χ2v) is 11.1. The van der Waals surface area contributed by atoms with Crippen LogP contribution in [0.2, 0.25) is 0 Å². The van der Waals surface area contributed by atoms with Crippen molar-refractivity contribution < 1.29 is 0 Å². The zero-order valence-corrected chi connectivity index (χ0v) is 20.3. The molecule has 1 aromatic heterocycles. The Kier molecular flexibility index (Phi) is 4.99. The number of benzene rings is 3. The summed E-state index contributed by atoms with van der Waals surface area (Å²) in [6, 6.07) is 26.6. The zero-order chi connectivity index (χ0) is 24.1. The van der Waals surface area contributed by atoms with Crippen molar-refractivity contribution in [1.82, 2.24) is 15.0 Å². The van der Waals surface area contributed by atoms with Crippen LogP contribution in [0.3, 0.4) is 0 Å². The van der Waals surface area contributed by atoms with Gasteiger partial charge < -0.3 is 0 Å². The van der Waals surface area contributed by atoms with Gasteiger partial charge in [0.05, 0.1) is 6.57 Å². The van der Waals surface area contributed by atoms with Crippen molar-refractivity contribution in [3.8, 4) is 34.2 Å².